The van der Waals surface area contributed by atoms with Crippen LogP contribution in [0.5, 0.6) is 0 Å². The van der Waals surface area contributed by atoms with Crippen LogP contribution >= 0.6 is 0 Å². The first-order valence-corrected chi connectivity index (χ1v) is 3.97. The van der Waals surface area contributed by atoms with Gasteiger partial charge in [-0.15, -0.1) is 0 Å². The molecule has 3 nitrogen and oxygen atoms in total. The van der Waals surface area contributed by atoms with Gasteiger partial charge in [0.2, 0.25) is 0 Å². The van der Waals surface area contributed by atoms with Crippen LogP contribution in [0.15, 0.2) is 24.3 Å². The summed E-state index contributed by atoms with van der Waals surface area (Å²) in [5, 5.41) is 18.3. The average Bonchev–Trinajstić information content (AvgIpc) is 2.04. The topological polar surface area (TPSA) is 57.5 Å². The molecule has 0 unspecified atom stereocenters. The third-order valence-corrected chi connectivity index (χ3v) is 2.03. The van der Waals surface area contributed by atoms with E-state index < -0.39 is 11.6 Å². The van der Waals surface area contributed by atoms with Crippen LogP contribution in [0.1, 0.15) is 18.1 Å². The second kappa shape index (κ2) is 3.18. The van der Waals surface area contributed by atoms with Gasteiger partial charge in [0.25, 0.3) is 0 Å². The number of carboxylic acid groups (broad SMARTS) is 1. The fraction of sp³-hybridized carbons (Fsp3) is 0.300. The minimum Gasteiger partial charge on any atom is -0.479 e. The van der Waals surface area contributed by atoms with Crippen molar-refractivity contribution in [3.63, 3.8) is 0 Å². The molecule has 0 fully saturated rings. The van der Waals surface area contributed by atoms with Crippen LogP contribution in [0.4, 0.5) is 0 Å². The molecule has 2 N–H and O–H groups in total. The van der Waals surface area contributed by atoms with E-state index in [4.69, 9.17) is 5.11 Å². The van der Waals surface area contributed by atoms with E-state index in [1.165, 1.54) is 6.92 Å². The first-order chi connectivity index (χ1) is 5.94. The minimum atomic E-state index is -1.80. The summed E-state index contributed by atoms with van der Waals surface area (Å²) in [5.41, 5.74) is -0.371. The van der Waals surface area contributed by atoms with Crippen molar-refractivity contribution in [2.45, 2.75) is 19.4 Å². The lowest BCUT2D eigenvalue weighted by Crippen LogP contribution is -2.31. The van der Waals surface area contributed by atoms with Gasteiger partial charge in [-0.1, -0.05) is 29.8 Å². The summed E-state index contributed by atoms with van der Waals surface area (Å²) < 4.78 is 0. The molecule has 1 atom stereocenters. The van der Waals surface area contributed by atoms with Crippen molar-refractivity contribution in [2.75, 3.05) is 0 Å². The number of aliphatic carboxylic acids is 1. The maximum Gasteiger partial charge on any atom is 0.340 e. The normalized spacial score (nSPS) is 15.0. The SMILES string of the molecule is Cc1ccc([C@@](C)(O)C(=O)O)cc1. The fourth-order valence-corrected chi connectivity index (χ4v) is 1.00. The summed E-state index contributed by atoms with van der Waals surface area (Å²) >= 11 is 0. The summed E-state index contributed by atoms with van der Waals surface area (Å²) in [6.45, 7) is 3.17. The van der Waals surface area contributed by atoms with Crippen LogP contribution < -0.4 is 0 Å². The molecule has 1 aromatic rings. The van der Waals surface area contributed by atoms with Gasteiger partial charge < -0.3 is 10.2 Å². The van der Waals surface area contributed by atoms with E-state index in [0.29, 0.717) is 5.56 Å². The largest absolute Gasteiger partial charge is 0.479 e. The van der Waals surface area contributed by atoms with Gasteiger partial charge in [0.1, 0.15) is 0 Å². The number of aryl methyl sites for hydroxylation is 1. The summed E-state index contributed by atoms with van der Waals surface area (Å²) in [6, 6.07) is 6.77. The molecule has 0 aliphatic heterocycles. The van der Waals surface area contributed by atoms with E-state index in [2.05, 4.69) is 0 Å². The Morgan fingerprint density at radius 2 is 1.77 bits per heavy atom. The standard InChI is InChI=1S/C10H12O3/c1-7-3-5-8(6-4-7)10(2,13)9(11)12/h3-6,13H,1-2H3,(H,11,12)/t10-/m1/s1. The van der Waals surface area contributed by atoms with Gasteiger partial charge in [-0.2, -0.15) is 0 Å². The van der Waals surface area contributed by atoms with E-state index in [0.717, 1.165) is 5.56 Å². The van der Waals surface area contributed by atoms with Crippen molar-refractivity contribution in [3.8, 4) is 0 Å². The van der Waals surface area contributed by atoms with Gasteiger partial charge in [0.15, 0.2) is 5.60 Å². The Kier molecular flexibility index (Phi) is 2.38. The molecular weight excluding hydrogens is 168 g/mol. The smallest absolute Gasteiger partial charge is 0.340 e. The van der Waals surface area contributed by atoms with Crippen LogP contribution in [0.3, 0.4) is 0 Å². The fourth-order valence-electron chi connectivity index (χ4n) is 1.00. The van der Waals surface area contributed by atoms with E-state index >= 15 is 0 Å². The maximum absolute atomic E-state index is 10.7. The highest BCUT2D eigenvalue weighted by Gasteiger charge is 2.31. The molecule has 0 aromatic heterocycles. The zero-order chi connectivity index (χ0) is 10.1. The number of carboxylic acids is 1. The van der Waals surface area contributed by atoms with Gasteiger partial charge >= 0.3 is 5.97 Å². The second-order valence-corrected chi connectivity index (χ2v) is 3.24. The molecule has 0 saturated carbocycles. The molecule has 0 aliphatic rings. The molecule has 70 valence electrons. The molecule has 0 amide bonds. The summed E-state index contributed by atoms with van der Waals surface area (Å²) in [6.07, 6.45) is 0. The molecule has 0 saturated heterocycles. The Hall–Kier alpha value is -1.35. The molecule has 1 aromatic carbocycles. The van der Waals surface area contributed by atoms with Crippen molar-refractivity contribution in [3.05, 3.63) is 35.4 Å². The van der Waals surface area contributed by atoms with Crippen molar-refractivity contribution < 1.29 is 15.0 Å². The Morgan fingerprint density at radius 1 is 1.31 bits per heavy atom. The van der Waals surface area contributed by atoms with Gasteiger partial charge in [-0.3, -0.25) is 0 Å². The van der Waals surface area contributed by atoms with E-state index in [1.807, 2.05) is 6.92 Å². The monoisotopic (exact) mass is 180 g/mol. The molecule has 0 bridgehead atoms. The lowest BCUT2D eigenvalue weighted by Gasteiger charge is -2.18. The highest BCUT2D eigenvalue weighted by atomic mass is 16.4. The average molecular weight is 180 g/mol. The van der Waals surface area contributed by atoms with Crippen LogP contribution in [0, 0.1) is 6.92 Å². The predicted molar refractivity (Wildman–Crippen MR) is 48.4 cm³/mol. The third kappa shape index (κ3) is 1.87. The van der Waals surface area contributed by atoms with Gasteiger partial charge in [-0.05, 0) is 19.4 Å². The number of benzene rings is 1. The highest BCUT2D eigenvalue weighted by Crippen LogP contribution is 2.20. The molecule has 3 heteroatoms. The molecule has 1 rings (SSSR count). The van der Waals surface area contributed by atoms with Crippen LogP contribution in [-0.2, 0) is 10.4 Å². The number of carbonyl (C=O) groups is 1. The molecular formula is C10H12O3. The Labute approximate surface area is 76.6 Å². The highest BCUT2D eigenvalue weighted by molar-refractivity contribution is 5.78. The second-order valence-electron chi connectivity index (χ2n) is 3.24. The predicted octanol–water partition coefficient (Wildman–Crippen LogP) is 1.29. The minimum absolute atomic E-state index is 0.394. The van der Waals surface area contributed by atoms with Crippen LogP contribution in [0.2, 0.25) is 0 Å². The number of rotatable bonds is 2. The van der Waals surface area contributed by atoms with Crippen LogP contribution in [-0.4, -0.2) is 16.2 Å². The summed E-state index contributed by atoms with van der Waals surface area (Å²) in [7, 11) is 0. The van der Waals surface area contributed by atoms with Crippen molar-refractivity contribution in [1.82, 2.24) is 0 Å². The van der Waals surface area contributed by atoms with Gasteiger partial charge in [-0.25, -0.2) is 4.79 Å². The number of hydrogen-bond donors (Lipinski definition) is 2. The molecule has 13 heavy (non-hydrogen) atoms. The number of aliphatic hydroxyl groups is 1. The summed E-state index contributed by atoms with van der Waals surface area (Å²) in [5.74, 6) is -1.24. The lowest BCUT2D eigenvalue weighted by molar-refractivity contribution is -0.157. The molecule has 0 radical (unpaired) electrons. The molecule has 0 aliphatic carbocycles. The van der Waals surface area contributed by atoms with Gasteiger partial charge in [0.05, 0.1) is 0 Å². The Bertz CT molecular complexity index is 311. The lowest BCUT2D eigenvalue weighted by atomic mass is 9.95. The molecule has 0 spiro atoms. The van der Waals surface area contributed by atoms with E-state index in [-0.39, 0.29) is 0 Å². The van der Waals surface area contributed by atoms with Crippen molar-refractivity contribution >= 4 is 5.97 Å². The quantitative estimate of drug-likeness (QED) is 0.721. The first kappa shape index (κ1) is 9.74. The molecule has 0 heterocycles. The zero-order valence-electron chi connectivity index (χ0n) is 7.61. The van der Waals surface area contributed by atoms with E-state index in [1.54, 1.807) is 24.3 Å². The Morgan fingerprint density at radius 3 is 2.15 bits per heavy atom. The van der Waals surface area contributed by atoms with Gasteiger partial charge in [0, 0.05) is 0 Å². The van der Waals surface area contributed by atoms with Crippen molar-refractivity contribution in [1.29, 1.82) is 0 Å². The third-order valence-electron chi connectivity index (χ3n) is 2.03. The maximum atomic E-state index is 10.7. The number of hydrogen-bond acceptors (Lipinski definition) is 2. The summed E-state index contributed by atoms with van der Waals surface area (Å²) in [4.78, 5) is 10.7. The van der Waals surface area contributed by atoms with Crippen LogP contribution in [0.25, 0.3) is 0 Å². The van der Waals surface area contributed by atoms with E-state index in [9.17, 15) is 9.90 Å². The first-order valence-electron chi connectivity index (χ1n) is 3.97. The zero-order valence-corrected chi connectivity index (χ0v) is 7.61. The Balaban J connectivity index is 3.08. The van der Waals surface area contributed by atoms with Crippen molar-refractivity contribution in [2.24, 2.45) is 0 Å².